The van der Waals surface area contributed by atoms with Gasteiger partial charge < -0.3 is 30.4 Å². The Hall–Kier alpha value is -4.92. The molecule has 0 spiro atoms. The number of hydrogen-bond donors (Lipinski definition) is 2. The Kier molecular flexibility index (Phi) is 10.2. The molecule has 4 aromatic carbocycles. The number of rotatable bonds is 12. The van der Waals surface area contributed by atoms with E-state index >= 15 is 0 Å². The first-order valence-electron chi connectivity index (χ1n) is 14.1. The van der Waals surface area contributed by atoms with Crippen molar-refractivity contribution < 1.29 is 28.5 Å². The molecular formula is C36H38N2O6. The number of carbonyl (C=O) groups excluding carboxylic acids is 2. The van der Waals surface area contributed by atoms with E-state index in [0.717, 1.165) is 23.3 Å². The maximum atomic E-state index is 13.3. The molecule has 8 heteroatoms. The van der Waals surface area contributed by atoms with E-state index in [-0.39, 0.29) is 0 Å². The minimum Gasteiger partial charge on any atom is -0.497 e. The SMILES string of the molecule is COc1cccc(C(C)(OC(=O)/C=C\C(=O)OC(C)(c2cccc(OC)c2)C(N)c2ccccc2)C(N)c2ccccc2)c1. The average molecular weight is 595 g/mol. The van der Waals surface area contributed by atoms with E-state index in [1.165, 1.54) is 0 Å². The van der Waals surface area contributed by atoms with Gasteiger partial charge in [-0.05, 0) is 49.2 Å². The summed E-state index contributed by atoms with van der Waals surface area (Å²) in [5, 5.41) is 0. The van der Waals surface area contributed by atoms with Crippen LogP contribution in [0.15, 0.2) is 121 Å². The number of benzene rings is 4. The Labute approximate surface area is 258 Å². The summed E-state index contributed by atoms with van der Waals surface area (Å²) in [4.78, 5) is 26.5. The van der Waals surface area contributed by atoms with E-state index < -0.39 is 35.2 Å². The number of hydrogen-bond acceptors (Lipinski definition) is 8. The summed E-state index contributed by atoms with van der Waals surface area (Å²) in [6.45, 7) is 3.45. The molecule has 44 heavy (non-hydrogen) atoms. The third kappa shape index (κ3) is 7.16. The Balaban J connectivity index is 1.61. The molecule has 4 aromatic rings. The lowest BCUT2D eigenvalue weighted by molar-refractivity contribution is -0.158. The van der Waals surface area contributed by atoms with Crippen molar-refractivity contribution in [3.63, 3.8) is 0 Å². The molecule has 0 bridgehead atoms. The van der Waals surface area contributed by atoms with E-state index in [2.05, 4.69) is 0 Å². The van der Waals surface area contributed by atoms with Gasteiger partial charge in [0.05, 0.1) is 26.3 Å². The number of esters is 2. The molecule has 0 aliphatic rings. The Morgan fingerprint density at radius 2 is 0.955 bits per heavy atom. The summed E-state index contributed by atoms with van der Waals surface area (Å²) in [7, 11) is 3.10. The lowest BCUT2D eigenvalue weighted by atomic mass is 9.84. The van der Waals surface area contributed by atoms with Crippen molar-refractivity contribution in [3.8, 4) is 11.5 Å². The van der Waals surface area contributed by atoms with E-state index in [1.807, 2.05) is 60.7 Å². The molecule has 0 heterocycles. The molecule has 0 aliphatic carbocycles. The molecule has 0 saturated heterocycles. The van der Waals surface area contributed by atoms with Crippen LogP contribution in [0.4, 0.5) is 0 Å². The third-order valence-corrected chi connectivity index (χ3v) is 7.77. The van der Waals surface area contributed by atoms with Gasteiger partial charge in [-0.25, -0.2) is 9.59 Å². The predicted octanol–water partition coefficient (Wildman–Crippen LogP) is 5.88. The summed E-state index contributed by atoms with van der Waals surface area (Å²) in [5.41, 5.74) is 13.5. The highest BCUT2D eigenvalue weighted by Crippen LogP contribution is 2.40. The van der Waals surface area contributed by atoms with Crippen molar-refractivity contribution in [2.75, 3.05) is 14.2 Å². The number of ether oxygens (including phenoxy) is 4. The van der Waals surface area contributed by atoms with Crippen LogP contribution in [-0.4, -0.2) is 26.2 Å². The lowest BCUT2D eigenvalue weighted by Crippen LogP contribution is -2.40. The molecule has 4 N–H and O–H groups in total. The molecule has 0 fully saturated rings. The largest absolute Gasteiger partial charge is 0.497 e. The van der Waals surface area contributed by atoms with Crippen molar-refractivity contribution >= 4 is 11.9 Å². The molecule has 0 saturated carbocycles. The first-order chi connectivity index (χ1) is 21.1. The minimum atomic E-state index is -1.31. The smallest absolute Gasteiger partial charge is 0.331 e. The number of carbonyl (C=O) groups is 2. The van der Waals surface area contributed by atoms with Crippen molar-refractivity contribution in [3.05, 3.63) is 144 Å². The zero-order valence-electron chi connectivity index (χ0n) is 25.3. The van der Waals surface area contributed by atoms with E-state index in [4.69, 9.17) is 30.4 Å². The quantitative estimate of drug-likeness (QED) is 0.154. The standard InChI is InChI=1S/C36H38N2O6/c1-35(27-17-11-19-29(23-27)41-3,33(37)25-13-7-5-8-14-25)43-31(39)21-22-32(40)44-36(2,28-18-12-20-30(24-28)42-4)34(38)26-15-9-6-10-16-26/h5-24,33-34H,37-38H2,1-4H3/b22-21-. The van der Waals surface area contributed by atoms with Gasteiger partial charge in [-0.15, -0.1) is 0 Å². The van der Waals surface area contributed by atoms with Gasteiger partial charge in [0.2, 0.25) is 0 Å². The van der Waals surface area contributed by atoms with Crippen molar-refractivity contribution in [2.45, 2.75) is 37.1 Å². The fraction of sp³-hybridized carbons (Fsp3) is 0.222. The predicted molar refractivity (Wildman–Crippen MR) is 169 cm³/mol. The summed E-state index contributed by atoms with van der Waals surface area (Å²) in [6.07, 6.45) is 2.05. The van der Waals surface area contributed by atoms with Crippen molar-refractivity contribution in [1.82, 2.24) is 0 Å². The first-order valence-corrected chi connectivity index (χ1v) is 14.1. The average Bonchev–Trinajstić information content (AvgIpc) is 3.07. The fourth-order valence-corrected chi connectivity index (χ4v) is 5.05. The van der Waals surface area contributed by atoms with Gasteiger partial charge in [-0.2, -0.15) is 0 Å². The summed E-state index contributed by atoms with van der Waals surface area (Å²) < 4.78 is 22.8. The monoisotopic (exact) mass is 594 g/mol. The molecule has 0 radical (unpaired) electrons. The van der Waals surface area contributed by atoms with Gasteiger partial charge in [0, 0.05) is 23.3 Å². The van der Waals surface area contributed by atoms with Gasteiger partial charge in [0.15, 0.2) is 11.2 Å². The molecule has 228 valence electrons. The van der Waals surface area contributed by atoms with Gasteiger partial charge in [0.1, 0.15) is 11.5 Å². The molecule has 4 unspecified atom stereocenters. The number of nitrogens with two attached hydrogens (primary N) is 2. The van der Waals surface area contributed by atoms with Crippen LogP contribution in [-0.2, 0) is 30.3 Å². The van der Waals surface area contributed by atoms with E-state index in [9.17, 15) is 9.59 Å². The Morgan fingerprint density at radius 3 is 1.30 bits per heavy atom. The maximum absolute atomic E-state index is 13.3. The highest BCUT2D eigenvalue weighted by Gasteiger charge is 2.40. The van der Waals surface area contributed by atoms with Gasteiger partial charge in [0.25, 0.3) is 0 Å². The van der Waals surface area contributed by atoms with Crippen LogP contribution in [0.5, 0.6) is 11.5 Å². The molecule has 4 atom stereocenters. The molecule has 0 amide bonds. The van der Waals surface area contributed by atoms with Crippen LogP contribution in [0.3, 0.4) is 0 Å². The molecule has 0 aromatic heterocycles. The van der Waals surface area contributed by atoms with E-state index in [0.29, 0.717) is 22.6 Å². The highest BCUT2D eigenvalue weighted by molar-refractivity contribution is 5.92. The minimum absolute atomic E-state index is 0.579. The first kappa shape index (κ1) is 32.0. The van der Waals surface area contributed by atoms with E-state index in [1.54, 1.807) is 76.6 Å². The van der Waals surface area contributed by atoms with Crippen LogP contribution in [0.2, 0.25) is 0 Å². The number of methoxy groups -OCH3 is 2. The van der Waals surface area contributed by atoms with Crippen LogP contribution in [0, 0.1) is 0 Å². The van der Waals surface area contributed by atoms with Gasteiger partial charge in [-0.1, -0.05) is 84.9 Å². The zero-order valence-corrected chi connectivity index (χ0v) is 25.3. The normalized spacial score (nSPS) is 15.3. The molecular weight excluding hydrogens is 556 g/mol. The Bertz CT molecular complexity index is 1470. The van der Waals surface area contributed by atoms with Crippen molar-refractivity contribution in [1.29, 1.82) is 0 Å². The Morgan fingerprint density at radius 1 is 0.591 bits per heavy atom. The summed E-state index contributed by atoms with van der Waals surface area (Å²) in [5.74, 6) is -0.408. The fourth-order valence-electron chi connectivity index (χ4n) is 5.05. The second-order valence-corrected chi connectivity index (χ2v) is 10.6. The van der Waals surface area contributed by atoms with Crippen LogP contribution < -0.4 is 20.9 Å². The van der Waals surface area contributed by atoms with Crippen LogP contribution in [0.25, 0.3) is 0 Å². The summed E-state index contributed by atoms with van der Waals surface area (Å²) in [6, 6.07) is 31.5. The van der Waals surface area contributed by atoms with Crippen LogP contribution >= 0.6 is 0 Å². The second kappa shape index (κ2) is 14.0. The van der Waals surface area contributed by atoms with Crippen molar-refractivity contribution in [2.24, 2.45) is 11.5 Å². The highest BCUT2D eigenvalue weighted by atomic mass is 16.6. The topological polar surface area (TPSA) is 123 Å². The molecule has 4 rings (SSSR count). The zero-order chi connectivity index (χ0) is 31.7. The third-order valence-electron chi connectivity index (χ3n) is 7.77. The van der Waals surface area contributed by atoms with Gasteiger partial charge in [-0.3, -0.25) is 0 Å². The van der Waals surface area contributed by atoms with Gasteiger partial charge >= 0.3 is 11.9 Å². The maximum Gasteiger partial charge on any atom is 0.331 e. The molecule has 8 nitrogen and oxygen atoms in total. The molecule has 0 aliphatic heterocycles. The summed E-state index contributed by atoms with van der Waals surface area (Å²) >= 11 is 0. The second-order valence-electron chi connectivity index (χ2n) is 10.6. The van der Waals surface area contributed by atoms with Crippen LogP contribution in [0.1, 0.15) is 48.2 Å². The lowest BCUT2D eigenvalue weighted by Gasteiger charge is -2.36.